The Hall–Kier alpha value is -0.610. The van der Waals surface area contributed by atoms with Crippen LogP contribution in [0, 0.1) is 11.3 Å². The molecule has 2 bridgehead atoms. The summed E-state index contributed by atoms with van der Waals surface area (Å²) in [6, 6.07) is 1.51. The van der Waals surface area contributed by atoms with Crippen molar-refractivity contribution in [3.05, 3.63) is 0 Å². The minimum atomic E-state index is -0.246. The Labute approximate surface area is 122 Å². The molecule has 0 aromatic rings. The molecule has 1 aliphatic carbocycles. The first kappa shape index (κ1) is 14.3. The molecule has 3 aliphatic rings. The van der Waals surface area contributed by atoms with E-state index in [0.29, 0.717) is 12.5 Å². The molecule has 2 atom stereocenters. The third-order valence-corrected chi connectivity index (χ3v) is 6.18. The van der Waals surface area contributed by atoms with Crippen molar-refractivity contribution in [2.75, 3.05) is 20.1 Å². The highest BCUT2D eigenvalue weighted by atomic mass is 16.2. The second-order valence-corrected chi connectivity index (χ2v) is 7.29. The van der Waals surface area contributed by atoms with Crippen LogP contribution in [0.25, 0.3) is 0 Å². The summed E-state index contributed by atoms with van der Waals surface area (Å²) in [7, 11) is 2.26. The zero-order valence-corrected chi connectivity index (χ0v) is 12.7. The van der Waals surface area contributed by atoms with E-state index in [2.05, 4.69) is 17.3 Å². The first-order chi connectivity index (χ1) is 9.64. The van der Waals surface area contributed by atoms with E-state index >= 15 is 0 Å². The van der Waals surface area contributed by atoms with Crippen molar-refractivity contribution < 1.29 is 4.79 Å². The Kier molecular flexibility index (Phi) is 4.04. The monoisotopic (exact) mass is 279 g/mol. The minimum Gasteiger partial charge on any atom is -0.355 e. The topological polar surface area (TPSA) is 58.4 Å². The van der Waals surface area contributed by atoms with Crippen molar-refractivity contribution in [3.8, 4) is 0 Å². The van der Waals surface area contributed by atoms with Crippen LogP contribution in [-0.4, -0.2) is 43.0 Å². The number of hydrogen-bond donors (Lipinski definition) is 2. The molecule has 4 nitrogen and oxygen atoms in total. The number of carbonyl (C=O) groups is 1. The van der Waals surface area contributed by atoms with Gasteiger partial charge in [0, 0.05) is 25.2 Å². The molecule has 2 aliphatic heterocycles. The molecule has 0 spiro atoms. The van der Waals surface area contributed by atoms with E-state index in [1.54, 1.807) is 0 Å². The van der Waals surface area contributed by atoms with E-state index in [4.69, 9.17) is 5.73 Å². The fourth-order valence-corrected chi connectivity index (χ4v) is 4.69. The van der Waals surface area contributed by atoms with Gasteiger partial charge in [0.1, 0.15) is 0 Å². The van der Waals surface area contributed by atoms with Gasteiger partial charge >= 0.3 is 0 Å². The maximum atomic E-state index is 12.5. The molecule has 1 saturated carbocycles. The summed E-state index contributed by atoms with van der Waals surface area (Å²) in [5.74, 6) is 0.896. The summed E-state index contributed by atoms with van der Waals surface area (Å²) in [4.78, 5) is 15.0. The number of fused-ring (bicyclic) bond motifs is 2. The minimum absolute atomic E-state index is 0.226. The lowest BCUT2D eigenvalue weighted by molar-refractivity contribution is -0.130. The fourth-order valence-electron chi connectivity index (χ4n) is 4.69. The van der Waals surface area contributed by atoms with Crippen molar-refractivity contribution in [2.24, 2.45) is 17.1 Å². The van der Waals surface area contributed by atoms with Crippen molar-refractivity contribution in [1.82, 2.24) is 10.2 Å². The van der Waals surface area contributed by atoms with Gasteiger partial charge in [-0.05, 0) is 51.5 Å². The summed E-state index contributed by atoms with van der Waals surface area (Å²) >= 11 is 0. The highest BCUT2D eigenvalue weighted by Gasteiger charge is 2.41. The molecule has 4 heteroatoms. The van der Waals surface area contributed by atoms with Crippen molar-refractivity contribution in [1.29, 1.82) is 0 Å². The molecule has 3 rings (SSSR count). The Morgan fingerprint density at radius 2 is 1.85 bits per heavy atom. The van der Waals surface area contributed by atoms with Crippen molar-refractivity contribution >= 4 is 5.91 Å². The van der Waals surface area contributed by atoms with Crippen LogP contribution in [0.1, 0.15) is 51.4 Å². The number of rotatable bonds is 4. The second-order valence-electron chi connectivity index (χ2n) is 7.29. The van der Waals surface area contributed by atoms with Gasteiger partial charge in [-0.1, -0.05) is 12.8 Å². The number of nitrogens with two attached hydrogens (primary N) is 1. The van der Waals surface area contributed by atoms with Gasteiger partial charge in [-0.3, -0.25) is 4.79 Å². The summed E-state index contributed by atoms with van der Waals surface area (Å²) in [5, 5.41) is 3.23. The molecule has 0 radical (unpaired) electrons. The van der Waals surface area contributed by atoms with Gasteiger partial charge in [0.05, 0.1) is 5.41 Å². The first-order valence-electron chi connectivity index (χ1n) is 8.35. The lowest BCUT2D eigenvalue weighted by Crippen LogP contribution is -2.48. The Morgan fingerprint density at radius 1 is 1.25 bits per heavy atom. The van der Waals surface area contributed by atoms with Gasteiger partial charge in [0.2, 0.25) is 5.91 Å². The molecular weight excluding hydrogens is 250 g/mol. The predicted molar refractivity (Wildman–Crippen MR) is 80.3 cm³/mol. The molecule has 20 heavy (non-hydrogen) atoms. The number of nitrogens with zero attached hydrogens (tertiary/aromatic N) is 1. The first-order valence-corrected chi connectivity index (χ1v) is 8.35. The van der Waals surface area contributed by atoms with Crippen LogP contribution in [0.5, 0.6) is 0 Å². The number of carbonyl (C=O) groups excluding carboxylic acids is 1. The Balaban J connectivity index is 1.51. The summed E-state index contributed by atoms with van der Waals surface area (Å²) in [6.45, 7) is 1.37. The number of nitrogens with one attached hydrogen (secondary N) is 1. The SMILES string of the molecule is CN1C2CCC1CC(CNC(=O)C1(CN)CCCC1)C2. The lowest BCUT2D eigenvalue weighted by atomic mass is 9.84. The van der Waals surface area contributed by atoms with E-state index in [0.717, 1.165) is 44.3 Å². The van der Waals surface area contributed by atoms with Crippen LogP contribution < -0.4 is 11.1 Å². The van der Waals surface area contributed by atoms with Crippen molar-refractivity contribution in [3.63, 3.8) is 0 Å². The zero-order chi connectivity index (χ0) is 14.2. The molecule has 2 saturated heterocycles. The molecule has 1 amide bonds. The molecule has 0 aromatic carbocycles. The molecule has 0 aromatic heterocycles. The lowest BCUT2D eigenvalue weighted by Gasteiger charge is -2.37. The number of piperidine rings is 1. The van der Waals surface area contributed by atoms with Gasteiger partial charge in [-0.25, -0.2) is 0 Å². The third-order valence-electron chi connectivity index (χ3n) is 6.18. The molecular formula is C16H29N3O. The summed E-state index contributed by atoms with van der Waals surface area (Å²) in [5.41, 5.74) is 5.64. The van der Waals surface area contributed by atoms with Crippen LogP contribution >= 0.6 is 0 Å². The fraction of sp³-hybridized carbons (Fsp3) is 0.938. The summed E-state index contributed by atoms with van der Waals surface area (Å²) in [6.07, 6.45) is 9.47. The highest BCUT2D eigenvalue weighted by molar-refractivity contribution is 5.83. The third kappa shape index (κ3) is 2.48. The predicted octanol–water partition coefficient (Wildman–Crippen LogP) is 1.49. The van der Waals surface area contributed by atoms with E-state index in [1.807, 2.05) is 0 Å². The highest BCUT2D eigenvalue weighted by Crippen LogP contribution is 2.39. The van der Waals surface area contributed by atoms with E-state index in [1.165, 1.54) is 25.7 Å². The number of hydrogen-bond acceptors (Lipinski definition) is 3. The molecule has 3 fully saturated rings. The van der Waals surface area contributed by atoms with E-state index in [-0.39, 0.29) is 11.3 Å². The van der Waals surface area contributed by atoms with Crippen LogP contribution in [0.15, 0.2) is 0 Å². The maximum Gasteiger partial charge on any atom is 0.227 e. The van der Waals surface area contributed by atoms with Crippen molar-refractivity contribution in [2.45, 2.75) is 63.5 Å². The van der Waals surface area contributed by atoms with Gasteiger partial charge < -0.3 is 16.0 Å². The quantitative estimate of drug-likeness (QED) is 0.820. The molecule has 2 heterocycles. The Morgan fingerprint density at radius 3 is 2.40 bits per heavy atom. The normalized spacial score (nSPS) is 36.2. The van der Waals surface area contributed by atoms with E-state index < -0.39 is 0 Å². The Bertz CT molecular complexity index is 351. The van der Waals surface area contributed by atoms with Crippen LogP contribution in [-0.2, 0) is 4.79 Å². The second kappa shape index (κ2) is 5.64. The van der Waals surface area contributed by atoms with Crippen LogP contribution in [0.4, 0.5) is 0 Å². The largest absolute Gasteiger partial charge is 0.355 e. The average molecular weight is 279 g/mol. The maximum absolute atomic E-state index is 12.5. The van der Waals surface area contributed by atoms with E-state index in [9.17, 15) is 4.79 Å². The van der Waals surface area contributed by atoms with Gasteiger partial charge in [-0.15, -0.1) is 0 Å². The smallest absolute Gasteiger partial charge is 0.227 e. The molecule has 114 valence electrons. The summed E-state index contributed by atoms with van der Waals surface area (Å²) < 4.78 is 0. The molecule has 2 unspecified atom stereocenters. The average Bonchev–Trinajstić information content (AvgIpc) is 3.00. The molecule has 3 N–H and O–H groups in total. The van der Waals surface area contributed by atoms with Gasteiger partial charge in [0.15, 0.2) is 0 Å². The van der Waals surface area contributed by atoms with Crippen LogP contribution in [0.3, 0.4) is 0 Å². The standard InChI is InChI=1S/C16H29N3O/c1-19-13-4-5-14(19)9-12(8-13)10-18-15(20)16(11-17)6-2-3-7-16/h12-14H,2-11,17H2,1H3,(H,18,20). The number of amides is 1. The van der Waals surface area contributed by atoms with Gasteiger partial charge in [0.25, 0.3) is 0 Å². The van der Waals surface area contributed by atoms with Crippen LogP contribution in [0.2, 0.25) is 0 Å². The van der Waals surface area contributed by atoms with Gasteiger partial charge in [-0.2, -0.15) is 0 Å². The zero-order valence-electron chi connectivity index (χ0n) is 12.7.